The Hall–Kier alpha value is -0.960. The highest BCUT2D eigenvalue weighted by molar-refractivity contribution is 7.99. The molecule has 3 N–H and O–H groups in total. The average molecular weight is 276 g/mol. The highest BCUT2D eigenvalue weighted by Gasteiger charge is 2.22. The van der Waals surface area contributed by atoms with E-state index in [0.717, 1.165) is 16.9 Å². The van der Waals surface area contributed by atoms with Gasteiger partial charge in [0.25, 0.3) is 0 Å². The zero-order valence-corrected chi connectivity index (χ0v) is 12.5. The van der Waals surface area contributed by atoms with Crippen molar-refractivity contribution in [1.29, 1.82) is 5.41 Å². The molecule has 2 rings (SSSR count). The maximum atomic E-state index is 7.81. The van der Waals surface area contributed by atoms with Crippen molar-refractivity contribution >= 4 is 17.6 Å². The lowest BCUT2D eigenvalue weighted by atomic mass is 9.91. The van der Waals surface area contributed by atoms with Crippen LogP contribution in [0.2, 0.25) is 0 Å². The smallest absolute Gasteiger partial charge is 0.0990 e. The van der Waals surface area contributed by atoms with Gasteiger partial charge < -0.3 is 5.73 Å². The number of nitrogens with one attached hydrogen (secondary N) is 1. The van der Waals surface area contributed by atoms with Crippen LogP contribution in [0.3, 0.4) is 0 Å². The quantitative estimate of drug-likeness (QED) is 0.630. The molecule has 2 nitrogen and oxygen atoms in total. The van der Waals surface area contributed by atoms with Crippen molar-refractivity contribution in [2.45, 2.75) is 43.8 Å². The molecule has 3 atom stereocenters. The molecule has 1 aliphatic carbocycles. The standard InChI is InChI=1S/C16H24N2S/c1-12-6-5-9-14(10-12)19-11-15(16(17)18)13-7-3-2-4-8-13/h2-4,7-8,12,14-15H,5-6,9-11H2,1H3,(H3,17,18). The van der Waals surface area contributed by atoms with Crippen LogP contribution in [0, 0.1) is 11.3 Å². The maximum absolute atomic E-state index is 7.81. The summed E-state index contributed by atoms with van der Waals surface area (Å²) in [6.45, 7) is 2.35. The molecule has 19 heavy (non-hydrogen) atoms. The number of amidine groups is 1. The van der Waals surface area contributed by atoms with Crippen LogP contribution >= 0.6 is 11.8 Å². The molecule has 0 spiro atoms. The van der Waals surface area contributed by atoms with E-state index >= 15 is 0 Å². The monoisotopic (exact) mass is 276 g/mol. The Morgan fingerprint density at radius 3 is 2.74 bits per heavy atom. The van der Waals surface area contributed by atoms with Crippen LogP contribution in [0.25, 0.3) is 0 Å². The molecule has 3 unspecified atom stereocenters. The molecule has 0 saturated heterocycles. The van der Waals surface area contributed by atoms with Crippen LogP contribution in [0.4, 0.5) is 0 Å². The van der Waals surface area contributed by atoms with Gasteiger partial charge in [0.05, 0.1) is 5.84 Å². The summed E-state index contributed by atoms with van der Waals surface area (Å²) in [7, 11) is 0. The van der Waals surface area contributed by atoms with E-state index in [1.165, 1.54) is 31.2 Å². The number of hydrogen-bond donors (Lipinski definition) is 2. The normalized spacial score (nSPS) is 24.9. The average Bonchev–Trinajstić information content (AvgIpc) is 2.40. The summed E-state index contributed by atoms with van der Waals surface area (Å²) in [4.78, 5) is 0. The van der Waals surface area contributed by atoms with Gasteiger partial charge >= 0.3 is 0 Å². The van der Waals surface area contributed by atoms with E-state index in [9.17, 15) is 0 Å². The fourth-order valence-corrected chi connectivity index (χ4v) is 4.45. The van der Waals surface area contributed by atoms with E-state index in [-0.39, 0.29) is 5.92 Å². The van der Waals surface area contributed by atoms with Crippen LogP contribution in [-0.2, 0) is 0 Å². The Morgan fingerprint density at radius 2 is 2.11 bits per heavy atom. The molecular formula is C16H24N2S. The molecule has 0 radical (unpaired) electrons. The van der Waals surface area contributed by atoms with Gasteiger partial charge in [-0.15, -0.1) is 0 Å². The Labute approximate surface area is 120 Å². The van der Waals surface area contributed by atoms with Gasteiger partial charge in [-0.3, -0.25) is 5.41 Å². The first-order valence-electron chi connectivity index (χ1n) is 7.17. The zero-order chi connectivity index (χ0) is 13.7. The van der Waals surface area contributed by atoms with Gasteiger partial charge in [-0.25, -0.2) is 0 Å². The first-order chi connectivity index (χ1) is 9.16. The molecule has 0 bridgehead atoms. The number of benzene rings is 1. The molecular weight excluding hydrogens is 252 g/mol. The zero-order valence-electron chi connectivity index (χ0n) is 11.6. The molecule has 0 heterocycles. The minimum Gasteiger partial charge on any atom is -0.387 e. The fourth-order valence-electron chi connectivity index (χ4n) is 2.81. The third kappa shape index (κ3) is 4.27. The van der Waals surface area contributed by atoms with E-state index in [0.29, 0.717) is 5.84 Å². The first kappa shape index (κ1) is 14.4. The summed E-state index contributed by atoms with van der Waals surface area (Å²) in [5, 5.41) is 8.57. The Bertz CT molecular complexity index is 404. The minimum absolute atomic E-state index is 0.0726. The molecule has 0 aliphatic heterocycles. The van der Waals surface area contributed by atoms with Crippen LogP contribution in [0.15, 0.2) is 30.3 Å². The van der Waals surface area contributed by atoms with Crippen molar-refractivity contribution in [3.8, 4) is 0 Å². The van der Waals surface area contributed by atoms with Crippen LogP contribution < -0.4 is 5.73 Å². The van der Waals surface area contributed by atoms with E-state index in [4.69, 9.17) is 11.1 Å². The van der Waals surface area contributed by atoms with E-state index < -0.39 is 0 Å². The number of rotatable bonds is 5. The van der Waals surface area contributed by atoms with Gasteiger partial charge in [0.1, 0.15) is 0 Å². The fraction of sp³-hybridized carbons (Fsp3) is 0.562. The molecule has 0 amide bonds. The highest BCUT2D eigenvalue weighted by Crippen LogP contribution is 2.34. The summed E-state index contributed by atoms with van der Waals surface area (Å²) in [5.41, 5.74) is 6.95. The van der Waals surface area contributed by atoms with Gasteiger partial charge in [-0.1, -0.05) is 50.1 Å². The van der Waals surface area contributed by atoms with Crippen molar-refractivity contribution in [2.75, 3.05) is 5.75 Å². The second-order valence-electron chi connectivity index (χ2n) is 5.65. The Kier molecular flexibility index (Phi) is 5.32. The topological polar surface area (TPSA) is 49.9 Å². The number of hydrogen-bond acceptors (Lipinski definition) is 2. The van der Waals surface area contributed by atoms with Gasteiger partial charge in [0, 0.05) is 16.9 Å². The molecule has 1 aliphatic rings. The van der Waals surface area contributed by atoms with Gasteiger partial charge in [-0.05, 0) is 24.3 Å². The van der Waals surface area contributed by atoms with Crippen molar-refractivity contribution in [3.63, 3.8) is 0 Å². The van der Waals surface area contributed by atoms with Crippen molar-refractivity contribution in [2.24, 2.45) is 11.7 Å². The van der Waals surface area contributed by atoms with Crippen molar-refractivity contribution in [3.05, 3.63) is 35.9 Å². The highest BCUT2D eigenvalue weighted by atomic mass is 32.2. The number of thioether (sulfide) groups is 1. The van der Waals surface area contributed by atoms with Gasteiger partial charge in [-0.2, -0.15) is 11.8 Å². The minimum atomic E-state index is 0.0726. The maximum Gasteiger partial charge on any atom is 0.0990 e. The van der Waals surface area contributed by atoms with Crippen LogP contribution in [-0.4, -0.2) is 16.8 Å². The summed E-state index contributed by atoms with van der Waals surface area (Å²) >= 11 is 2.01. The summed E-state index contributed by atoms with van der Waals surface area (Å²) in [5.74, 6) is 2.17. The molecule has 1 aromatic rings. The molecule has 1 aromatic carbocycles. The van der Waals surface area contributed by atoms with Crippen molar-refractivity contribution < 1.29 is 0 Å². The predicted molar refractivity (Wildman–Crippen MR) is 85.0 cm³/mol. The first-order valence-corrected chi connectivity index (χ1v) is 8.22. The Balaban J connectivity index is 1.93. The van der Waals surface area contributed by atoms with E-state index in [1.807, 2.05) is 30.0 Å². The SMILES string of the molecule is CC1CCCC(SCC(C(=N)N)c2ccccc2)C1. The van der Waals surface area contributed by atoms with Crippen LogP contribution in [0.5, 0.6) is 0 Å². The third-order valence-corrected chi connectivity index (χ3v) is 5.39. The molecule has 1 fully saturated rings. The summed E-state index contributed by atoms with van der Waals surface area (Å²) < 4.78 is 0. The molecule has 104 valence electrons. The van der Waals surface area contributed by atoms with Gasteiger partial charge in [0.2, 0.25) is 0 Å². The van der Waals surface area contributed by atoms with Crippen LogP contribution in [0.1, 0.15) is 44.1 Å². The molecule has 3 heteroatoms. The van der Waals surface area contributed by atoms with E-state index in [2.05, 4.69) is 19.1 Å². The molecule has 0 aromatic heterocycles. The second kappa shape index (κ2) is 6.99. The third-order valence-electron chi connectivity index (χ3n) is 3.96. The van der Waals surface area contributed by atoms with E-state index in [1.54, 1.807) is 0 Å². The summed E-state index contributed by atoms with van der Waals surface area (Å²) in [6.07, 6.45) is 5.39. The lowest BCUT2D eigenvalue weighted by molar-refractivity contribution is 0.394. The van der Waals surface area contributed by atoms with Crippen molar-refractivity contribution in [1.82, 2.24) is 0 Å². The number of nitrogens with two attached hydrogens (primary N) is 1. The second-order valence-corrected chi connectivity index (χ2v) is 6.98. The largest absolute Gasteiger partial charge is 0.387 e. The predicted octanol–water partition coefficient (Wildman–Crippen LogP) is 4.02. The summed E-state index contributed by atoms with van der Waals surface area (Å²) in [6, 6.07) is 10.2. The lowest BCUT2D eigenvalue weighted by Crippen LogP contribution is -2.24. The van der Waals surface area contributed by atoms with Gasteiger partial charge in [0.15, 0.2) is 0 Å². The molecule has 1 saturated carbocycles. The Morgan fingerprint density at radius 1 is 1.37 bits per heavy atom. The lowest BCUT2D eigenvalue weighted by Gasteiger charge is -2.27.